The second kappa shape index (κ2) is 6.85. The van der Waals surface area contributed by atoms with E-state index in [2.05, 4.69) is 22.4 Å². The molecule has 0 saturated carbocycles. The Morgan fingerprint density at radius 1 is 1.39 bits per heavy atom. The van der Waals surface area contributed by atoms with Crippen LogP contribution in [0.3, 0.4) is 0 Å². The number of hydrogen-bond donors (Lipinski definition) is 3. The zero-order valence-electron chi connectivity index (χ0n) is 9.59. The molecular formula is C12H13N3O3. The van der Waals surface area contributed by atoms with Gasteiger partial charge in [-0.3, -0.25) is 9.59 Å². The van der Waals surface area contributed by atoms with E-state index in [4.69, 9.17) is 0 Å². The van der Waals surface area contributed by atoms with Crippen LogP contribution in [0.15, 0.2) is 42.0 Å². The molecule has 0 aliphatic rings. The molecule has 3 N–H and O–H groups in total. The fourth-order valence-corrected chi connectivity index (χ4v) is 1.07. The maximum Gasteiger partial charge on any atom is 0.329 e. The lowest BCUT2D eigenvalue weighted by Crippen LogP contribution is -2.37. The van der Waals surface area contributed by atoms with Gasteiger partial charge in [0.15, 0.2) is 0 Å². The van der Waals surface area contributed by atoms with Crippen LogP contribution in [0.25, 0.3) is 0 Å². The molecule has 1 rings (SSSR count). The highest BCUT2D eigenvalue weighted by molar-refractivity contribution is 6.35. The van der Waals surface area contributed by atoms with Gasteiger partial charge in [-0.15, -0.1) is 6.58 Å². The second-order valence-electron chi connectivity index (χ2n) is 3.29. The summed E-state index contributed by atoms with van der Waals surface area (Å²) in [4.78, 5) is 22.3. The minimum Gasteiger partial charge on any atom is -0.508 e. The second-order valence-corrected chi connectivity index (χ2v) is 3.29. The molecule has 0 fully saturated rings. The monoisotopic (exact) mass is 247 g/mol. The number of nitrogens with one attached hydrogen (secondary N) is 2. The molecule has 0 bridgehead atoms. The van der Waals surface area contributed by atoms with Crippen molar-refractivity contribution in [1.29, 1.82) is 0 Å². The Kier molecular flexibility index (Phi) is 5.11. The predicted octanol–water partition coefficient (Wildman–Crippen LogP) is 0.144. The molecule has 0 heterocycles. The molecule has 0 saturated heterocycles. The summed E-state index contributed by atoms with van der Waals surface area (Å²) >= 11 is 0. The quantitative estimate of drug-likeness (QED) is 0.306. The van der Waals surface area contributed by atoms with Gasteiger partial charge in [0.05, 0.1) is 6.21 Å². The van der Waals surface area contributed by atoms with E-state index in [1.54, 1.807) is 12.1 Å². The van der Waals surface area contributed by atoms with Gasteiger partial charge < -0.3 is 10.4 Å². The van der Waals surface area contributed by atoms with Crippen LogP contribution in [0, 0.1) is 0 Å². The van der Waals surface area contributed by atoms with Gasteiger partial charge in [-0.05, 0) is 17.7 Å². The van der Waals surface area contributed by atoms with Gasteiger partial charge in [-0.25, -0.2) is 5.43 Å². The van der Waals surface area contributed by atoms with Crippen molar-refractivity contribution >= 4 is 18.0 Å². The number of nitrogens with zero attached hydrogens (tertiary/aromatic N) is 1. The predicted molar refractivity (Wildman–Crippen MR) is 67.1 cm³/mol. The van der Waals surface area contributed by atoms with Crippen LogP contribution in [0.2, 0.25) is 0 Å². The molecular weight excluding hydrogens is 234 g/mol. The van der Waals surface area contributed by atoms with Crippen LogP contribution in [0.4, 0.5) is 0 Å². The minimum atomic E-state index is -0.867. The van der Waals surface area contributed by atoms with Crippen molar-refractivity contribution in [2.75, 3.05) is 6.54 Å². The van der Waals surface area contributed by atoms with E-state index >= 15 is 0 Å². The van der Waals surface area contributed by atoms with Crippen LogP contribution >= 0.6 is 0 Å². The molecule has 18 heavy (non-hydrogen) atoms. The molecule has 0 spiro atoms. The lowest BCUT2D eigenvalue weighted by molar-refractivity contribution is -0.139. The maximum atomic E-state index is 11.2. The zero-order valence-corrected chi connectivity index (χ0v) is 9.59. The van der Waals surface area contributed by atoms with Crippen molar-refractivity contribution in [3.8, 4) is 5.75 Å². The Morgan fingerprint density at radius 3 is 2.83 bits per heavy atom. The molecule has 1 aromatic rings. The SMILES string of the molecule is C=CCNC(=O)C(=O)N/N=C/c1cccc(O)c1. The van der Waals surface area contributed by atoms with E-state index in [0.29, 0.717) is 5.56 Å². The number of phenolic OH excluding ortho intramolecular Hbond substituents is 1. The lowest BCUT2D eigenvalue weighted by Gasteiger charge is -1.99. The van der Waals surface area contributed by atoms with Crippen LogP contribution < -0.4 is 10.7 Å². The van der Waals surface area contributed by atoms with Gasteiger partial charge in [0.2, 0.25) is 0 Å². The third kappa shape index (κ3) is 4.48. The van der Waals surface area contributed by atoms with Crippen LogP contribution in [0.1, 0.15) is 5.56 Å². The Bertz CT molecular complexity index is 483. The number of amides is 2. The summed E-state index contributed by atoms with van der Waals surface area (Å²) in [5.74, 6) is -1.56. The molecule has 2 amide bonds. The molecule has 0 unspecified atom stereocenters. The van der Waals surface area contributed by atoms with Gasteiger partial charge in [0, 0.05) is 6.54 Å². The zero-order chi connectivity index (χ0) is 13.4. The van der Waals surface area contributed by atoms with Gasteiger partial charge in [-0.1, -0.05) is 18.2 Å². The Labute approximate surface area is 104 Å². The molecule has 0 aromatic heterocycles. The third-order valence-electron chi connectivity index (χ3n) is 1.86. The van der Waals surface area contributed by atoms with Crippen molar-refractivity contribution in [3.05, 3.63) is 42.5 Å². The lowest BCUT2D eigenvalue weighted by atomic mass is 10.2. The van der Waals surface area contributed by atoms with Crippen LogP contribution in [-0.2, 0) is 9.59 Å². The van der Waals surface area contributed by atoms with E-state index < -0.39 is 11.8 Å². The number of phenols is 1. The number of rotatable bonds is 4. The fourth-order valence-electron chi connectivity index (χ4n) is 1.07. The molecule has 0 aliphatic heterocycles. The Balaban J connectivity index is 2.47. The van der Waals surface area contributed by atoms with Crippen LogP contribution in [0.5, 0.6) is 5.75 Å². The van der Waals surface area contributed by atoms with Crippen molar-refractivity contribution in [2.24, 2.45) is 5.10 Å². The van der Waals surface area contributed by atoms with E-state index in [9.17, 15) is 14.7 Å². The number of benzene rings is 1. The fraction of sp³-hybridized carbons (Fsp3) is 0.0833. The summed E-state index contributed by atoms with van der Waals surface area (Å²) in [5, 5.41) is 15.1. The highest BCUT2D eigenvalue weighted by atomic mass is 16.3. The topological polar surface area (TPSA) is 90.8 Å². The van der Waals surface area contributed by atoms with Crippen molar-refractivity contribution in [2.45, 2.75) is 0 Å². The third-order valence-corrected chi connectivity index (χ3v) is 1.86. The Hall–Kier alpha value is -2.63. The number of hydrazone groups is 1. The van der Waals surface area contributed by atoms with Crippen molar-refractivity contribution in [3.63, 3.8) is 0 Å². The number of hydrogen-bond acceptors (Lipinski definition) is 4. The first-order chi connectivity index (χ1) is 8.63. The first kappa shape index (κ1) is 13.4. The van der Waals surface area contributed by atoms with Crippen molar-refractivity contribution < 1.29 is 14.7 Å². The molecule has 0 atom stereocenters. The largest absolute Gasteiger partial charge is 0.508 e. The summed E-state index contributed by atoms with van der Waals surface area (Å²) in [6.07, 6.45) is 2.78. The molecule has 6 nitrogen and oxygen atoms in total. The summed E-state index contributed by atoms with van der Waals surface area (Å²) in [7, 11) is 0. The number of aromatic hydroxyl groups is 1. The first-order valence-corrected chi connectivity index (χ1v) is 5.14. The van der Waals surface area contributed by atoms with Gasteiger partial charge in [0.25, 0.3) is 0 Å². The van der Waals surface area contributed by atoms with Crippen LogP contribution in [-0.4, -0.2) is 29.7 Å². The molecule has 0 aliphatic carbocycles. The minimum absolute atomic E-state index is 0.0917. The standard InChI is InChI=1S/C12H13N3O3/c1-2-6-13-11(17)12(18)15-14-8-9-4-3-5-10(16)7-9/h2-5,7-8,16H,1,6H2,(H,13,17)(H,15,18)/b14-8+. The molecule has 1 aromatic carbocycles. The van der Waals surface area contributed by atoms with Gasteiger partial charge >= 0.3 is 11.8 Å². The molecule has 6 heteroatoms. The van der Waals surface area contributed by atoms with E-state index in [0.717, 1.165) is 0 Å². The van der Waals surface area contributed by atoms with Gasteiger partial charge in [-0.2, -0.15) is 5.10 Å². The summed E-state index contributed by atoms with van der Waals surface area (Å²) in [6, 6.07) is 6.30. The number of carbonyl (C=O) groups is 2. The van der Waals surface area contributed by atoms with E-state index in [-0.39, 0.29) is 12.3 Å². The smallest absolute Gasteiger partial charge is 0.329 e. The van der Waals surface area contributed by atoms with Gasteiger partial charge in [0.1, 0.15) is 5.75 Å². The normalized spacial score (nSPS) is 10.0. The van der Waals surface area contributed by atoms with E-state index in [1.807, 2.05) is 0 Å². The first-order valence-electron chi connectivity index (χ1n) is 5.14. The summed E-state index contributed by atoms with van der Waals surface area (Å²) in [6.45, 7) is 3.61. The number of carbonyl (C=O) groups excluding carboxylic acids is 2. The average Bonchev–Trinajstić information content (AvgIpc) is 2.35. The summed E-state index contributed by atoms with van der Waals surface area (Å²) in [5.41, 5.74) is 2.66. The molecule has 94 valence electrons. The summed E-state index contributed by atoms with van der Waals surface area (Å²) < 4.78 is 0. The maximum absolute atomic E-state index is 11.2. The highest BCUT2D eigenvalue weighted by Gasteiger charge is 2.10. The molecule has 0 radical (unpaired) electrons. The highest BCUT2D eigenvalue weighted by Crippen LogP contribution is 2.08. The van der Waals surface area contributed by atoms with E-state index in [1.165, 1.54) is 24.4 Å². The Morgan fingerprint density at radius 2 is 2.17 bits per heavy atom. The van der Waals surface area contributed by atoms with Crippen molar-refractivity contribution in [1.82, 2.24) is 10.7 Å². The average molecular weight is 247 g/mol.